The van der Waals surface area contributed by atoms with E-state index in [-0.39, 0.29) is 0 Å². The Kier molecular flexibility index (Phi) is 4.09. The van der Waals surface area contributed by atoms with Crippen LogP contribution in [0.15, 0.2) is 36.5 Å². The number of methoxy groups -OCH3 is 1. The number of rotatable bonds is 5. The molecular formula is C13H16N4O. The molecule has 0 aliphatic heterocycles. The van der Waals surface area contributed by atoms with Gasteiger partial charge in [-0.05, 0) is 36.9 Å². The van der Waals surface area contributed by atoms with Gasteiger partial charge in [-0.15, -0.1) is 0 Å². The van der Waals surface area contributed by atoms with Crippen molar-refractivity contribution in [3.8, 4) is 5.75 Å². The average Bonchev–Trinajstić information content (AvgIpc) is 2.40. The number of hydrogen-bond donors (Lipinski definition) is 2. The molecule has 5 heteroatoms. The molecule has 0 spiro atoms. The Morgan fingerprint density at radius 2 is 2.00 bits per heavy atom. The molecule has 94 valence electrons. The summed E-state index contributed by atoms with van der Waals surface area (Å²) in [6.07, 6.45) is 2.40. The van der Waals surface area contributed by atoms with E-state index in [2.05, 4.69) is 15.3 Å². The highest BCUT2D eigenvalue weighted by Gasteiger charge is 1.99. The molecule has 2 rings (SSSR count). The van der Waals surface area contributed by atoms with E-state index in [9.17, 15) is 0 Å². The molecule has 0 radical (unpaired) electrons. The maximum Gasteiger partial charge on any atom is 0.134 e. The number of anilines is 2. The van der Waals surface area contributed by atoms with Gasteiger partial charge in [-0.1, -0.05) is 0 Å². The highest BCUT2D eigenvalue weighted by molar-refractivity contribution is 5.56. The van der Waals surface area contributed by atoms with Crippen molar-refractivity contribution in [3.63, 3.8) is 0 Å². The summed E-state index contributed by atoms with van der Waals surface area (Å²) in [5.74, 6) is 2.33. The minimum absolute atomic E-state index is 0.548. The van der Waals surface area contributed by atoms with Crippen LogP contribution in [-0.2, 0) is 6.42 Å². The minimum Gasteiger partial charge on any atom is -0.497 e. The maximum absolute atomic E-state index is 5.48. The Labute approximate surface area is 106 Å². The van der Waals surface area contributed by atoms with Crippen molar-refractivity contribution in [3.05, 3.63) is 42.4 Å². The van der Waals surface area contributed by atoms with Crippen molar-refractivity contribution >= 4 is 11.5 Å². The normalized spacial score (nSPS) is 10.1. The zero-order valence-corrected chi connectivity index (χ0v) is 10.3. The van der Waals surface area contributed by atoms with Crippen LogP contribution < -0.4 is 15.8 Å². The van der Waals surface area contributed by atoms with Gasteiger partial charge in [-0.3, -0.25) is 0 Å². The molecule has 0 aliphatic rings. The number of nitrogens with two attached hydrogens (primary N) is 1. The highest BCUT2D eigenvalue weighted by atomic mass is 16.5. The maximum atomic E-state index is 5.48. The summed E-state index contributed by atoms with van der Waals surface area (Å²) >= 11 is 0. The Bertz CT molecular complexity index is 499. The number of aromatic nitrogens is 2. The smallest absolute Gasteiger partial charge is 0.134 e. The van der Waals surface area contributed by atoms with Crippen molar-refractivity contribution in [2.24, 2.45) is 5.73 Å². The molecule has 0 saturated carbocycles. The van der Waals surface area contributed by atoms with Crippen LogP contribution in [0.25, 0.3) is 0 Å². The quantitative estimate of drug-likeness (QED) is 0.838. The molecule has 3 N–H and O–H groups in total. The van der Waals surface area contributed by atoms with Crippen molar-refractivity contribution in [1.82, 2.24) is 9.97 Å². The predicted octanol–water partition coefficient (Wildman–Crippen LogP) is 1.73. The van der Waals surface area contributed by atoms with Gasteiger partial charge in [-0.25, -0.2) is 9.97 Å². The van der Waals surface area contributed by atoms with E-state index in [1.54, 1.807) is 13.3 Å². The van der Waals surface area contributed by atoms with Crippen LogP contribution in [0.3, 0.4) is 0 Å². The van der Waals surface area contributed by atoms with Crippen molar-refractivity contribution in [2.75, 3.05) is 19.0 Å². The van der Waals surface area contributed by atoms with Crippen LogP contribution in [0.4, 0.5) is 11.5 Å². The molecule has 0 atom stereocenters. The number of nitrogens with zero attached hydrogens (tertiary/aromatic N) is 2. The SMILES string of the molecule is COc1ccc(Nc2ccnc(CCN)n2)cc1. The largest absolute Gasteiger partial charge is 0.497 e. The van der Waals surface area contributed by atoms with Crippen LogP contribution in [0, 0.1) is 0 Å². The average molecular weight is 244 g/mol. The molecule has 2 aromatic rings. The Hall–Kier alpha value is -2.14. The summed E-state index contributed by atoms with van der Waals surface area (Å²) in [4.78, 5) is 8.51. The summed E-state index contributed by atoms with van der Waals surface area (Å²) in [7, 11) is 1.64. The standard InChI is InChI=1S/C13H16N4O/c1-18-11-4-2-10(3-5-11)16-13-7-9-15-12(17-13)6-8-14/h2-5,7,9H,6,8,14H2,1H3,(H,15,16,17). The summed E-state index contributed by atoms with van der Waals surface area (Å²) in [6, 6.07) is 9.48. The Balaban J connectivity index is 2.09. The summed E-state index contributed by atoms with van der Waals surface area (Å²) in [5, 5.41) is 3.21. The second-order valence-electron chi connectivity index (χ2n) is 3.75. The lowest BCUT2D eigenvalue weighted by molar-refractivity contribution is 0.415. The Morgan fingerprint density at radius 3 is 2.67 bits per heavy atom. The molecule has 0 aliphatic carbocycles. The third kappa shape index (κ3) is 3.18. The third-order valence-corrected chi connectivity index (χ3v) is 2.44. The molecule has 0 bridgehead atoms. The van der Waals surface area contributed by atoms with E-state index < -0.39 is 0 Å². The van der Waals surface area contributed by atoms with Crippen molar-refractivity contribution in [2.45, 2.75) is 6.42 Å². The molecule has 1 heterocycles. The monoisotopic (exact) mass is 244 g/mol. The fourth-order valence-corrected chi connectivity index (χ4v) is 1.54. The van der Waals surface area contributed by atoms with Gasteiger partial charge in [0.25, 0.3) is 0 Å². The number of hydrogen-bond acceptors (Lipinski definition) is 5. The van der Waals surface area contributed by atoms with E-state index in [0.717, 1.165) is 23.1 Å². The van der Waals surface area contributed by atoms with Crippen molar-refractivity contribution < 1.29 is 4.74 Å². The number of ether oxygens (including phenoxy) is 1. The van der Waals surface area contributed by atoms with Crippen LogP contribution in [0.2, 0.25) is 0 Å². The first kappa shape index (κ1) is 12.3. The van der Waals surface area contributed by atoms with E-state index >= 15 is 0 Å². The van der Waals surface area contributed by atoms with Gasteiger partial charge in [0, 0.05) is 18.3 Å². The molecule has 0 fully saturated rings. The van der Waals surface area contributed by atoms with Crippen LogP contribution in [-0.4, -0.2) is 23.6 Å². The zero-order valence-electron chi connectivity index (χ0n) is 10.3. The van der Waals surface area contributed by atoms with Gasteiger partial charge in [0.2, 0.25) is 0 Å². The molecule has 0 unspecified atom stereocenters. The van der Waals surface area contributed by atoms with E-state index in [1.165, 1.54) is 0 Å². The third-order valence-electron chi connectivity index (χ3n) is 2.44. The molecule has 1 aromatic heterocycles. The summed E-state index contributed by atoms with van der Waals surface area (Å²) < 4.78 is 5.10. The topological polar surface area (TPSA) is 73.1 Å². The second-order valence-corrected chi connectivity index (χ2v) is 3.75. The zero-order chi connectivity index (χ0) is 12.8. The molecule has 5 nitrogen and oxygen atoms in total. The molecular weight excluding hydrogens is 228 g/mol. The minimum atomic E-state index is 0.548. The van der Waals surface area contributed by atoms with Gasteiger partial charge in [-0.2, -0.15) is 0 Å². The highest BCUT2D eigenvalue weighted by Crippen LogP contribution is 2.18. The first-order valence-corrected chi connectivity index (χ1v) is 5.75. The van der Waals surface area contributed by atoms with E-state index in [4.69, 9.17) is 10.5 Å². The second kappa shape index (κ2) is 5.97. The fraction of sp³-hybridized carbons (Fsp3) is 0.231. The number of benzene rings is 1. The van der Waals surface area contributed by atoms with Crippen LogP contribution in [0.5, 0.6) is 5.75 Å². The van der Waals surface area contributed by atoms with Gasteiger partial charge < -0.3 is 15.8 Å². The predicted molar refractivity (Wildman–Crippen MR) is 71.1 cm³/mol. The molecule has 18 heavy (non-hydrogen) atoms. The van der Waals surface area contributed by atoms with Gasteiger partial charge >= 0.3 is 0 Å². The lowest BCUT2D eigenvalue weighted by Crippen LogP contribution is -2.07. The Morgan fingerprint density at radius 1 is 1.22 bits per heavy atom. The first-order valence-electron chi connectivity index (χ1n) is 5.75. The van der Waals surface area contributed by atoms with Crippen LogP contribution >= 0.6 is 0 Å². The van der Waals surface area contributed by atoms with Crippen molar-refractivity contribution in [1.29, 1.82) is 0 Å². The lowest BCUT2D eigenvalue weighted by atomic mass is 10.3. The van der Waals surface area contributed by atoms with E-state index in [0.29, 0.717) is 13.0 Å². The van der Waals surface area contributed by atoms with Crippen LogP contribution in [0.1, 0.15) is 5.82 Å². The van der Waals surface area contributed by atoms with E-state index in [1.807, 2.05) is 30.3 Å². The van der Waals surface area contributed by atoms with Gasteiger partial charge in [0.1, 0.15) is 17.4 Å². The van der Waals surface area contributed by atoms with Gasteiger partial charge in [0.05, 0.1) is 7.11 Å². The summed E-state index contributed by atoms with van der Waals surface area (Å²) in [5.41, 5.74) is 6.43. The van der Waals surface area contributed by atoms with Gasteiger partial charge in [0.15, 0.2) is 0 Å². The summed E-state index contributed by atoms with van der Waals surface area (Å²) in [6.45, 7) is 0.548. The molecule has 0 amide bonds. The molecule has 0 saturated heterocycles. The number of nitrogens with one attached hydrogen (secondary N) is 1. The first-order chi connectivity index (χ1) is 8.81. The fourth-order valence-electron chi connectivity index (χ4n) is 1.54. The molecule has 1 aromatic carbocycles. The lowest BCUT2D eigenvalue weighted by Gasteiger charge is -2.07.